The van der Waals surface area contributed by atoms with Crippen molar-refractivity contribution in [1.29, 1.82) is 0 Å². The fourth-order valence-corrected chi connectivity index (χ4v) is 3.38. The zero-order valence-electron chi connectivity index (χ0n) is 19.9. The maximum absolute atomic E-state index is 11.9. The standard InChI is InChI=1S/C21H44N6O2.HI/c1-18(2)27(19(3)4)12-8-10-23-21(24-17-20(28)25(5)6)22-9-7-11-26-13-15-29-16-14-26;/h18-19H,7-17H2,1-6H3,(H2,22,23,24);1H. The second kappa shape index (κ2) is 17.0. The summed E-state index contributed by atoms with van der Waals surface area (Å²) in [6, 6.07) is 1.08. The molecule has 0 aromatic carbocycles. The smallest absolute Gasteiger partial charge is 0.243 e. The van der Waals surface area contributed by atoms with Crippen LogP contribution in [0.15, 0.2) is 4.99 Å². The van der Waals surface area contributed by atoms with Gasteiger partial charge in [-0.1, -0.05) is 0 Å². The van der Waals surface area contributed by atoms with Gasteiger partial charge >= 0.3 is 0 Å². The number of carbonyl (C=O) groups excluding carboxylic acids is 1. The highest BCUT2D eigenvalue weighted by molar-refractivity contribution is 14.0. The minimum atomic E-state index is 0. The third kappa shape index (κ3) is 12.9. The van der Waals surface area contributed by atoms with Crippen molar-refractivity contribution in [3.05, 3.63) is 0 Å². The van der Waals surface area contributed by atoms with Crippen LogP contribution in [0.25, 0.3) is 0 Å². The van der Waals surface area contributed by atoms with E-state index in [-0.39, 0.29) is 36.4 Å². The van der Waals surface area contributed by atoms with Gasteiger partial charge in [-0.2, -0.15) is 0 Å². The molecular weight excluding hydrogens is 495 g/mol. The highest BCUT2D eigenvalue weighted by Gasteiger charge is 2.13. The van der Waals surface area contributed by atoms with Crippen molar-refractivity contribution in [2.75, 3.05) is 73.1 Å². The van der Waals surface area contributed by atoms with E-state index >= 15 is 0 Å². The maximum atomic E-state index is 11.9. The van der Waals surface area contributed by atoms with Crippen molar-refractivity contribution < 1.29 is 9.53 Å². The van der Waals surface area contributed by atoms with Crippen LogP contribution in [0.4, 0.5) is 0 Å². The van der Waals surface area contributed by atoms with Gasteiger partial charge in [-0.25, -0.2) is 4.99 Å². The Kier molecular flexibility index (Phi) is 16.6. The highest BCUT2D eigenvalue weighted by Crippen LogP contribution is 2.05. The van der Waals surface area contributed by atoms with E-state index in [0.717, 1.165) is 71.3 Å². The zero-order chi connectivity index (χ0) is 21.6. The average Bonchev–Trinajstić information content (AvgIpc) is 2.68. The summed E-state index contributed by atoms with van der Waals surface area (Å²) in [5, 5.41) is 6.78. The van der Waals surface area contributed by atoms with E-state index in [1.807, 2.05) is 0 Å². The first kappa shape index (κ1) is 29.4. The Morgan fingerprint density at radius 1 is 1.03 bits per heavy atom. The second-order valence-corrected chi connectivity index (χ2v) is 8.39. The van der Waals surface area contributed by atoms with E-state index < -0.39 is 0 Å². The molecule has 0 bridgehead atoms. The number of hydrogen-bond acceptors (Lipinski definition) is 5. The van der Waals surface area contributed by atoms with Crippen LogP contribution in [-0.4, -0.2) is 112 Å². The van der Waals surface area contributed by atoms with Gasteiger partial charge in [0.15, 0.2) is 5.96 Å². The van der Waals surface area contributed by atoms with Gasteiger partial charge in [0.05, 0.1) is 13.2 Å². The predicted molar refractivity (Wildman–Crippen MR) is 136 cm³/mol. The van der Waals surface area contributed by atoms with Gasteiger partial charge in [0.2, 0.25) is 5.91 Å². The molecule has 0 spiro atoms. The Balaban J connectivity index is 0.00000841. The predicted octanol–water partition coefficient (Wildman–Crippen LogP) is 1.46. The minimum Gasteiger partial charge on any atom is -0.379 e. The van der Waals surface area contributed by atoms with Crippen LogP contribution in [0.3, 0.4) is 0 Å². The first-order valence-corrected chi connectivity index (χ1v) is 11.1. The van der Waals surface area contributed by atoms with Gasteiger partial charge in [-0.3, -0.25) is 14.6 Å². The Morgan fingerprint density at radius 2 is 1.60 bits per heavy atom. The fraction of sp³-hybridized carbons (Fsp3) is 0.905. The number of nitrogens with one attached hydrogen (secondary N) is 2. The molecule has 0 atom stereocenters. The number of ether oxygens (including phenoxy) is 1. The van der Waals surface area contributed by atoms with Crippen LogP contribution >= 0.6 is 24.0 Å². The van der Waals surface area contributed by atoms with Crippen molar-refractivity contribution >= 4 is 35.8 Å². The zero-order valence-corrected chi connectivity index (χ0v) is 22.3. The lowest BCUT2D eigenvalue weighted by Crippen LogP contribution is -2.43. The molecule has 0 aliphatic carbocycles. The molecule has 0 unspecified atom stereocenters. The van der Waals surface area contributed by atoms with Crippen LogP contribution in [0.1, 0.15) is 40.5 Å². The molecule has 0 aromatic rings. The molecule has 2 N–H and O–H groups in total. The molecule has 0 radical (unpaired) electrons. The SMILES string of the molecule is CC(C)N(CCCNC(=NCC(=O)N(C)C)NCCCN1CCOCC1)C(C)C.I. The topological polar surface area (TPSA) is 72.4 Å². The molecule has 1 aliphatic heterocycles. The number of hydrogen-bond donors (Lipinski definition) is 2. The van der Waals surface area contributed by atoms with Crippen LogP contribution in [0, 0.1) is 0 Å². The third-order valence-electron chi connectivity index (χ3n) is 5.13. The van der Waals surface area contributed by atoms with Crippen molar-refractivity contribution in [2.24, 2.45) is 4.99 Å². The summed E-state index contributed by atoms with van der Waals surface area (Å²) in [7, 11) is 3.51. The summed E-state index contributed by atoms with van der Waals surface area (Å²) in [6.45, 7) is 16.6. The first-order valence-electron chi connectivity index (χ1n) is 11.1. The fourth-order valence-electron chi connectivity index (χ4n) is 3.38. The van der Waals surface area contributed by atoms with E-state index in [4.69, 9.17) is 4.74 Å². The molecule has 1 aliphatic rings. The molecule has 1 heterocycles. The summed E-state index contributed by atoms with van der Waals surface area (Å²) >= 11 is 0. The summed E-state index contributed by atoms with van der Waals surface area (Å²) in [6.07, 6.45) is 2.07. The van der Waals surface area contributed by atoms with Gasteiger partial charge in [0.25, 0.3) is 0 Å². The average molecular weight is 541 g/mol. The molecule has 9 heteroatoms. The number of carbonyl (C=O) groups is 1. The van der Waals surface area contributed by atoms with Crippen molar-refractivity contribution in [1.82, 2.24) is 25.3 Å². The van der Waals surface area contributed by atoms with Crippen LogP contribution in [0.2, 0.25) is 0 Å². The van der Waals surface area contributed by atoms with Crippen LogP contribution < -0.4 is 10.6 Å². The Morgan fingerprint density at radius 3 is 2.13 bits per heavy atom. The van der Waals surface area contributed by atoms with E-state index in [1.165, 1.54) is 0 Å². The number of halogens is 1. The Hall–Kier alpha value is -0.650. The molecule has 30 heavy (non-hydrogen) atoms. The van der Waals surface area contributed by atoms with Crippen molar-refractivity contribution in [3.8, 4) is 0 Å². The van der Waals surface area contributed by atoms with Crippen molar-refractivity contribution in [2.45, 2.75) is 52.6 Å². The van der Waals surface area contributed by atoms with Gasteiger partial charge in [-0.15, -0.1) is 24.0 Å². The lowest BCUT2D eigenvalue weighted by Gasteiger charge is -2.30. The molecule has 0 saturated carbocycles. The molecule has 8 nitrogen and oxygen atoms in total. The van der Waals surface area contributed by atoms with E-state index in [9.17, 15) is 4.79 Å². The number of amides is 1. The third-order valence-corrected chi connectivity index (χ3v) is 5.13. The number of morpholine rings is 1. The summed E-state index contributed by atoms with van der Waals surface area (Å²) in [5.74, 6) is 0.730. The van der Waals surface area contributed by atoms with Crippen LogP contribution in [0.5, 0.6) is 0 Å². The van der Waals surface area contributed by atoms with Crippen LogP contribution in [-0.2, 0) is 9.53 Å². The lowest BCUT2D eigenvalue weighted by molar-refractivity contribution is -0.127. The lowest BCUT2D eigenvalue weighted by atomic mass is 10.2. The Labute approximate surface area is 201 Å². The van der Waals surface area contributed by atoms with E-state index in [1.54, 1.807) is 19.0 Å². The van der Waals surface area contributed by atoms with Crippen molar-refractivity contribution in [3.63, 3.8) is 0 Å². The summed E-state index contributed by atoms with van der Waals surface area (Å²) in [4.78, 5) is 22.9. The monoisotopic (exact) mass is 540 g/mol. The number of aliphatic imine (C=N–C) groups is 1. The Bertz CT molecular complexity index is 474. The number of nitrogens with zero attached hydrogens (tertiary/aromatic N) is 4. The molecule has 1 saturated heterocycles. The molecule has 1 amide bonds. The molecule has 1 fully saturated rings. The molecular formula is C21H45IN6O2. The molecule has 0 aromatic heterocycles. The summed E-state index contributed by atoms with van der Waals surface area (Å²) in [5.41, 5.74) is 0. The number of rotatable bonds is 12. The van der Waals surface area contributed by atoms with E-state index in [2.05, 4.69) is 53.1 Å². The van der Waals surface area contributed by atoms with Gasteiger partial charge in [0.1, 0.15) is 6.54 Å². The summed E-state index contributed by atoms with van der Waals surface area (Å²) < 4.78 is 5.39. The minimum absolute atomic E-state index is 0. The maximum Gasteiger partial charge on any atom is 0.243 e. The largest absolute Gasteiger partial charge is 0.379 e. The molecule has 1 rings (SSSR count). The molecule has 178 valence electrons. The highest BCUT2D eigenvalue weighted by atomic mass is 127. The van der Waals surface area contributed by atoms with Gasteiger partial charge in [0, 0.05) is 58.9 Å². The quantitative estimate of drug-likeness (QED) is 0.169. The second-order valence-electron chi connectivity index (χ2n) is 8.39. The number of guanidine groups is 1. The van der Waals surface area contributed by atoms with Gasteiger partial charge < -0.3 is 20.3 Å². The normalized spacial score (nSPS) is 15.4. The number of likely N-dealkylation sites (N-methyl/N-ethyl adjacent to an activating group) is 1. The first-order chi connectivity index (χ1) is 13.8. The van der Waals surface area contributed by atoms with Gasteiger partial charge in [-0.05, 0) is 47.1 Å². The van der Waals surface area contributed by atoms with E-state index in [0.29, 0.717) is 12.1 Å².